The Balaban J connectivity index is 2.19. The molecule has 0 spiro atoms. The molecule has 0 amide bonds. The molecule has 5 nitrogen and oxygen atoms in total. The third-order valence-corrected chi connectivity index (χ3v) is 2.82. The maximum absolute atomic E-state index is 12.2. The number of rotatable bonds is 5. The van der Waals surface area contributed by atoms with E-state index in [9.17, 15) is 4.79 Å². The molecule has 2 aromatic heterocycles. The average molecular weight is 247 g/mol. The van der Waals surface area contributed by atoms with Gasteiger partial charge in [-0.3, -0.25) is 4.79 Å². The van der Waals surface area contributed by atoms with Crippen molar-refractivity contribution in [3.05, 3.63) is 35.8 Å². The highest BCUT2D eigenvalue weighted by molar-refractivity contribution is 5.98. The Labute approximate surface area is 106 Å². The minimum absolute atomic E-state index is 0.0236. The van der Waals surface area contributed by atoms with Crippen molar-refractivity contribution in [2.45, 2.75) is 39.7 Å². The molecular formula is C13H17N3O2. The smallest absolute Gasteiger partial charge is 0.173 e. The normalized spacial score (nSPS) is 11.1. The second-order valence-electron chi connectivity index (χ2n) is 4.43. The van der Waals surface area contributed by atoms with Gasteiger partial charge in [0.1, 0.15) is 17.9 Å². The van der Waals surface area contributed by atoms with Crippen LogP contribution in [-0.4, -0.2) is 20.5 Å². The molecule has 0 aliphatic rings. The molecule has 18 heavy (non-hydrogen) atoms. The summed E-state index contributed by atoms with van der Waals surface area (Å²) in [6.07, 6.45) is 4.01. The number of carbonyl (C=O) groups is 1. The van der Waals surface area contributed by atoms with E-state index in [1.165, 1.54) is 6.33 Å². The van der Waals surface area contributed by atoms with Crippen LogP contribution in [0.15, 0.2) is 23.1 Å². The van der Waals surface area contributed by atoms with Gasteiger partial charge in [-0.05, 0) is 19.9 Å². The lowest BCUT2D eigenvalue weighted by atomic mass is 10.1. The van der Waals surface area contributed by atoms with Gasteiger partial charge < -0.3 is 4.42 Å². The summed E-state index contributed by atoms with van der Waals surface area (Å²) in [5, 5.41) is 4.12. The van der Waals surface area contributed by atoms with Gasteiger partial charge in [-0.2, -0.15) is 5.10 Å². The zero-order valence-electron chi connectivity index (χ0n) is 10.9. The molecule has 0 atom stereocenters. The van der Waals surface area contributed by atoms with Gasteiger partial charge in [0.25, 0.3) is 0 Å². The molecule has 2 heterocycles. The zero-order chi connectivity index (χ0) is 13.1. The van der Waals surface area contributed by atoms with E-state index in [2.05, 4.69) is 10.1 Å². The molecule has 0 fully saturated rings. The van der Waals surface area contributed by atoms with Gasteiger partial charge in [0, 0.05) is 12.5 Å². The predicted octanol–water partition coefficient (Wildman–Crippen LogP) is 2.44. The fraction of sp³-hybridized carbons (Fsp3) is 0.462. The zero-order valence-corrected chi connectivity index (χ0v) is 10.9. The number of furan rings is 1. The van der Waals surface area contributed by atoms with Gasteiger partial charge in [0.15, 0.2) is 5.78 Å². The van der Waals surface area contributed by atoms with Gasteiger partial charge in [-0.15, -0.1) is 0 Å². The monoisotopic (exact) mass is 247 g/mol. The third-order valence-electron chi connectivity index (χ3n) is 2.82. The van der Waals surface area contributed by atoms with Gasteiger partial charge in [0.05, 0.1) is 18.2 Å². The first-order valence-electron chi connectivity index (χ1n) is 6.11. The molecule has 96 valence electrons. The van der Waals surface area contributed by atoms with Crippen molar-refractivity contribution in [2.75, 3.05) is 0 Å². The highest BCUT2D eigenvalue weighted by Crippen LogP contribution is 2.15. The van der Waals surface area contributed by atoms with Crippen LogP contribution in [0.3, 0.4) is 0 Å². The number of aromatic nitrogens is 3. The molecule has 0 saturated carbocycles. The van der Waals surface area contributed by atoms with Crippen molar-refractivity contribution in [3.63, 3.8) is 0 Å². The van der Waals surface area contributed by atoms with Crippen molar-refractivity contribution in [1.82, 2.24) is 14.8 Å². The Morgan fingerprint density at radius 1 is 1.50 bits per heavy atom. The summed E-state index contributed by atoms with van der Waals surface area (Å²) < 4.78 is 7.04. The highest BCUT2D eigenvalue weighted by atomic mass is 16.3. The van der Waals surface area contributed by atoms with Crippen LogP contribution in [0.4, 0.5) is 0 Å². The number of carbonyl (C=O) groups excluding carboxylic acids is 1. The van der Waals surface area contributed by atoms with Crippen LogP contribution in [0.1, 0.15) is 48.8 Å². The molecule has 0 radical (unpaired) electrons. The van der Waals surface area contributed by atoms with Crippen LogP contribution < -0.4 is 0 Å². The van der Waals surface area contributed by atoms with E-state index in [4.69, 9.17) is 4.42 Å². The maximum Gasteiger partial charge on any atom is 0.173 e. The van der Waals surface area contributed by atoms with E-state index in [0.717, 1.165) is 5.76 Å². The first-order chi connectivity index (χ1) is 8.63. The SMILES string of the molecule is CCc1occc1C(=O)Cc1ncnn1C(C)C. The molecule has 2 rings (SSSR count). The van der Waals surface area contributed by atoms with Crippen LogP contribution in [0.25, 0.3) is 0 Å². The van der Waals surface area contributed by atoms with Crippen molar-refractivity contribution >= 4 is 5.78 Å². The van der Waals surface area contributed by atoms with Crippen molar-refractivity contribution in [3.8, 4) is 0 Å². The molecule has 0 bridgehead atoms. The molecule has 5 heteroatoms. The highest BCUT2D eigenvalue weighted by Gasteiger charge is 2.17. The maximum atomic E-state index is 12.2. The summed E-state index contributed by atoms with van der Waals surface area (Å²) in [6.45, 7) is 5.99. The lowest BCUT2D eigenvalue weighted by Crippen LogP contribution is -2.13. The van der Waals surface area contributed by atoms with E-state index in [-0.39, 0.29) is 18.2 Å². The van der Waals surface area contributed by atoms with E-state index in [1.807, 2.05) is 20.8 Å². The molecule has 0 aliphatic heterocycles. The minimum Gasteiger partial charge on any atom is -0.469 e. The number of ketones is 1. The van der Waals surface area contributed by atoms with Crippen LogP contribution in [0, 0.1) is 0 Å². The van der Waals surface area contributed by atoms with Gasteiger partial charge >= 0.3 is 0 Å². The summed E-state index contributed by atoms with van der Waals surface area (Å²) in [4.78, 5) is 16.3. The van der Waals surface area contributed by atoms with Crippen LogP contribution in [-0.2, 0) is 12.8 Å². The lowest BCUT2D eigenvalue weighted by molar-refractivity contribution is 0.0987. The molecule has 2 aromatic rings. The number of hydrogen-bond donors (Lipinski definition) is 0. The Morgan fingerprint density at radius 2 is 2.28 bits per heavy atom. The van der Waals surface area contributed by atoms with Crippen molar-refractivity contribution in [1.29, 1.82) is 0 Å². The van der Waals surface area contributed by atoms with Gasteiger partial charge in [0.2, 0.25) is 0 Å². The fourth-order valence-electron chi connectivity index (χ4n) is 1.93. The second-order valence-corrected chi connectivity index (χ2v) is 4.43. The van der Waals surface area contributed by atoms with E-state index in [0.29, 0.717) is 17.8 Å². The summed E-state index contributed by atoms with van der Waals surface area (Å²) in [5.74, 6) is 1.45. The topological polar surface area (TPSA) is 60.9 Å². The predicted molar refractivity (Wildman–Crippen MR) is 66.5 cm³/mol. The Morgan fingerprint density at radius 3 is 2.94 bits per heavy atom. The molecule has 0 aliphatic carbocycles. The number of hydrogen-bond acceptors (Lipinski definition) is 4. The third kappa shape index (κ3) is 2.34. The van der Waals surface area contributed by atoms with Crippen molar-refractivity contribution in [2.24, 2.45) is 0 Å². The molecule has 0 unspecified atom stereocenters. The lowest BCUT2D eigenvalue weighted by Gasteiger charge is -2.08. The number of aryl methyl sites for hydroxylation is 1. The first-order valence-corrected chi connectivity index (χ1v) is 6.11. The van der Waals surface area contributed by atoms with E-state index in [1.54, 1.807) is 17.0 Å². The first kappa shape index (κ1) is 12.5. The summed E-state index contributed by atoms with van der Waals surface area (Å²) in [6, 6.07) is 1.92. The molecular weight excluding hydrogens is 230 g/mol. The summed E-state index contributed by atoms with van der Waals surface area (Å²) >= 11 is 0. The van der Waals surface area contributed by atoms with Gasteiger partial charge in [-0.25, -0.2) is 9.67 Å². The average Bonchev–Trinajstić information content (AvgIpc) is 2.96. The van der Waals surface area contributed by atoms with Gasteiger partial charge in [-0.1, -0.05) is 6.92 Å². The second kappa shape index (κ2) is 5.16. The summed E-state index contributed by atoms with van der Waals surface area (Å²) in [5.41, 5.74) is 0.649. The quantitative estimate of drug-likeness (QED) is 0.761. The molecule has 0 N–H and O–H groups in total. The Hall–Kier alpha value is -1.91. The standard InChI is InChI=1S/C13H17N3O2/c1-4-12-10(5-6-18-12)11(17)7-13-14-8-15-16(13)9(2)3/h5-6,8-9H,4,7H2,1-3H3. The van der Waals surface area contributed by atoms with E-state index < -0.39 is 0 Å². The van der Waals surface area contributed by atoms with Crippen molar-refractivity contribution < 1.29 is 9.21 Å². The Bertz CT molecular complexity index is 540. The Kier molecular flexibility index (Phi) is 3.60. The number of Topliss-reactive ketones (excluding diaryl/α,β-unsaturated/α-hetero) is 1. The fourth-order valence-corrected chi connectivity index (χ4v) is 1.93. The molecule has 0 aromatic carbocycles. The molecule has 0 saturated heterocycles. The van der Waals surface area contributed by atoms with Crippen LogP contribution >= 0.6 is 0 Å². The van der Waals surface area contributed by atoms with Crippen LogP contribution in [0.5, 0.6) is 0 Å². The summed E-state index contributed by atoms with van der Waals surface area (Å²) in [7, 11) is 0. The minimum atomic E-state index is 0.0236. The number of nitrogens with zero attached hydrogens (tertiary/aromatic N) is 3. The van der Waals surface area contributed by atoms with E-state index >= 15 is 0 Å². The van der Waals surface area contributed by atoms with Crippen LogP contribution in [0.2, 0.25) is 0 Å². The largest absolute Gasteiger partial charge is 0.469 e.